The lowest BCUT2D eigenvalue weighted by Gasteiger charge is -2.38. The Morgan fingerprint density at radius 3 is 2.40 bits per heavy atom. The van der Waals surface area contributed by atoms with Gasteiger partial charge in [0.1, 0.15) is 12.2 Å². The number of likely N-dealkylation sites (tertiary alicyclic amines) is 1. The van der Waals surface area contributed by atoms with E-state index in [2.05, 4.69) is 0 Å². The van der Waals surface area contributed by atoms with Gasteiger partial charge in [0.05, 0.1) is 24.3 Å². The summed E-state index contributed by atoms with van der Waals surface area (Å²) in [6.45, 7) is 0.842. The summed E-state index contributed by atoms with van der Waals surface area (Å²) in [7, 11) is 1.37. The third-order valence-electron chi connectivity index (χ3n) is 6.70. The maximum Gasteiger partial charge on any atom is 0.410 e. The van der Waals surface area contributed by atoms with Crippen LogP contribution in [0.1, 0.15) is 53.2 Å². The lowest BCUT2D eigenvalue weighted by atomic mass is 9.83. The molecule has 156 valence electrons. The summed E-state index contributed by atoms with van der Waals surface area (Å²) >= 11 is 0. The van der Waals surface area contributed by atoms with E-state index in [0.717, 1.165) is 36.8 Å². The molecule has 2 atom stereocenters. The van der Waals surface area contributed by atoms with Crippen LogP contribution < -0.4 is 0 Å². The Kier molecular flexibility index (Phi) is 4.54. The Balaban J connectivity index is 1.35. The Hall–Kier alpha value is -2.86. The van der Waals surface area contributed by atoms with Crippen molar-refractivity contribution in [3.8, 4) is 0 Å². The number of carbonyl (C=O) groups is 2. The molecule has 0 aromatic heterocycles. The maximum atomic E-state index is 13.0. The number of carbonyl (C=O) groups excluding carboxylic acids is 2. The van der Waals surface area contributed by atoms with Gasteiger partial charge in [0.2, 0.25) is 0 Å². The third-order valence-corrected chi connectivity index (χ3v) is 6.70. The predicted octanol–water partition coefficient (Wildman–Crippen LogP) is 4.25. The molecule has 3 fully saturated rings. The van der Waals surface area contributed by atoms with Crippen molar-refractivity contribution in [1.29, 1.82) is 0 Å². The minimum Gasteiger partial charge on any atom is -0.465 e. The van der Waals surface area contributed by atoms with Crippen LogP contribution in [0.3, 0.4) is 0 Å². The average molecular weight is 407 g/mol. The smallest absolute Gasteiger partial charge is 0.410 e. The largest absolute Gasteiger partial charge is 0.465 e. The fourth-order valence-corrected chi connectivity index (χ4v) is 4.79. The summed E-state index contributed by atoms with van der Waals surface area (Å²) in [5.74, 6) is -0.372. The van der Waals surface area contributed by atoms with Gasteiger partial charge in [-0.3, -0.25) is 0 Å². The van der Waals surface area contributed by atoms with E-state index in [1.165, 1.54) is 7.11 Å². The Labute approximate surface area is 175 Å². The van der Waals surface area contributed by atoms with E-state index in [4.69, 9.17) is 14.2 Å². The molecule has 2 aromatic rings. The van der Waals surface area contributed by atoms with E-state index in [1.54, 1.807) is 17.0 Å². The third kappa shape index (κ3) is 3.25. The van der Waals surface area contributed by atoms with Crippen molar-refractivity contribution in [3.63, 3.8) is 0 Å². The number of fused-ring (bicyclic) bond motifs is 1. The van der Waals surface area contributed by atoms with Gasteiger partial charge in [0.15, 0.2) is 0 Å². The molecule has 2 saturated heterocycles. The highest BCUT2D eigenvalue weighted by atomic mass is 16.6. The Morgan fingerprint density at radius 1 is 1.03 bits per heavy atom. The molecule has 1 saturated carbocycles. The van der Waals surface area contributed by atoms with Crippen LogP contribution in [0.25, 0.3) is 0 Å². The maximum absolute atomic E-state index is 13.0. The molecule has 2 aromatic carbocycles. The average Bonchev–Trinajstić information content (AvgIpc) is 3.70. The molecule has 3 aliphatic rings. The molecule has 6 nitrogen and oxygen atoms in total. The molecular weight excluding hydrogens is 382 g/mol. The van der Waals surface area contributed by atoms with Gasteiger partial charge in [-0.25, -0.2) is 9.59 Å². The fourth-order valence-electron chi connectivity index (χ4n) is 4.79. The van der Waals surface area contributed by atoms with Gasteiger partial charge in [-0.05, 0) is 42.5 Å². The van der Waals surface area contributed by atoms with E-state index in [0.29, 0.717) is 12.1 Å². The van der Waals surface area contributed by atoms with E-state index in [1.807, 2.05) is 42.5 Å². The van der Waals surface area contributed by atoms with Crippen LogP contribution in [0, 0.1) is 0 Å². The minimum absolute atomic E-state index is 0.0528. The zero-order chi connectivity index (χ0) is 20.8. The quantitative estimate of drug-likeness (QED) is 0.560. The van der Waals surface area contributed by atoms with E-state index < -0.39 is 0 Å². The molecular formula is C24H25NO5. The Bertz CT molecular complexity index is 953. The number of rotatable bonds is 4. The molecule has 2 heterocycles. The first-order valence-electron chi connectivity index (χ1n) is 10.4. The van der Waals surface area contributed by atoms with E-state index in [-0.39, 0.29) is 35.9 Å². The van der Waals surface area contributed by atoms with Crippen molar-refractivity contribution in [2.45, 2.75) is 49.5 Å². The van der Waals surface area contributed by atoms with Gasteiger partial charge in [0, 0.05) is 13.0 Å². The first-order chi connectivity index (χ1) is 14.6. The second-order valence-electron chi connectivity index (χ2n) is 8.41. The van der Waals surface area contributed by atoms with Crippen molar-refractivity contribution in [3.05, 3.63) is 71.3 Å². The number of epoxide rings is 1. The lowest BCUT2D eigenvalue weighted by molar-refractivity contribution is 0.0485. The molecule has 1 aliphatic carbocycles. The number of hydrogen-bond donors (Lipinski definition) is 0. The summed E-state index contributed by atoms with van der Waals surface area (Å²) in [5, 5.41) is 0. The van der Waals surface area contributed by atoms with Crippen LogP contribution in [0.4, 0.5) is 4.79 Å². The first-order valence-corrected chi connectivity index (χ1v) is 10.4. The van der Waals surface area contributed by atoms with Gasteiger partial charge < -0.3 is 19.1 Å². The predicted molar refractivity (Wildman–Crippen MR) is 109 cm³/mol. The first kappa shape index (κ1) is 19.1. The molecule has 0 N–H and O–H groups in total. The van der Waals surface area contributed by atoms with Crippen molar-refractivity contribution in [2.24, 2.45) is 0 Å². The van der Waals surface area contributed by atoms with Crippen molar-refractivity contribution in [1.82, 2.24) is 4.90 Å². The normalized spacial score (nSPS) is 25.8. The summed E-state index contributed by atoms with van der Waals surface area (Å²) in [6.07, 6.45) is 3.50. The summed E-state index contributed by atoms with van der Waals surface area (Å²) < 4.78 is 16.6. The van der Waals surface area contributed by atoms with Crippen LogP contribution >= 0.6 is 0 Å². The number of esters is 1. The number of nitrogens with zero attached hydrogens (tertiary/aromatic N) is 1. The van der Waals surface area contributed by atoms with Crippen LogP contribution in [0.5, 0.6) is 0 Å². The lowest BCUT2D eigenvalue weighted by Crippen LogP contribution is -2.45. The van der Waals surface area contributed by atoms with Gasteiger partial charge in [-0.15, -0.1) is 0 Å². The van der Waals surface area contributed by atoms with Gasteiger partial charge >= 0.3 is 12.1 Å². The molecule has 5 rings (SSSR count). The number of hydrogen-bond acceptors (Lipinski definition) is 5. The zero-order valence-electron chi connectivity index (χ0n) is 17.0. The van der Waals surface area contributed by atoms with E-state index >= 15 is 0 Å². The van der Waals surface area contributed by atoms with Crippen LogP contribution in [-0.4, -0.2) is 41.8 Å². The summed E-state index contributed by atoms with van der Waals surface area (Å²) in [4.78, 5) is 26.6. The monoisotopic (exact) mass is 407 g/mol. The molecule has 2 unspecified atom stereocenters. The number of amides is 1. The van der Waals surface area contributed by atoms with Gasteiger partial charge in [-0.2, -0.15) is 0 Å². The second-order valence-corrected chi connectivity index (χ2v) is 8.41. The summed E-state index contributed by atoms with van der Waals surface area (Å²) in [6, 6.07) is 16.8. The molecule has 0 bridgehead atoms. The highest BCUT2D eigenvalue weighted by Crippen LogP contribution is 2.70. The highest BCUT2D eigenvalue weighted by Gasteiger charge is 2.77. The Morgan fingerprint density at radius 2 is 1.77 bits per heavy atom. The fraction of sp³-hybridized carbons (Fsp3) is 0.417. The molecule has 1 amide bonds. The van der Waals surface area contributed by atoms with Crippen molar-refractivity contribution in [2.75, 3.05) is 13.7 Å². The molecule has 6 heteroatoms. The second kappa shape index (κ2) is 7.13. The van der Waals surface area contributed by atoms with Crippen LogP contribution in [0.15, 0.2) is 54.6 Å². The number of piperidine rings is 1. The van der Waals surface area contributed by atoms with Crippen LogP contribution in [0.2, 0.25) is 0 Å². The van der Waals surface area contributed by atoms with Gasteiger partial charge in [0.25, 0.3) is 0 Å². The topological polar surface area (TPSA) is 68.4 Å². The standard InChI is InChI=1S/C24H25NO5/c1-28-21(26)19-9-7-18(8-10-19)20-15-24(23(30-24)11-12-23)13-14-25(20)22(27)29-16-17-5-3-2-4-6-17/h2-10,20H,11-16H2,1H3. The van der Waals surface area contributed by atoms with Gasteiger partial charge in [-0.1, -0.05) is 42.5 Å². The minimum atomic E-state index is -0.372. The van der Waals surface area contributed by atoms with E-state index in [9.17, 15) is 9.59 Å². The molecule has 0 radical (unpaired) electrons. The van der Waals surface area contributed by atoms with Crippen LogP contribution in [-0.2, 0) is 20.8 Å². The molecule has 2 aliphatic heterocycles. The highest BCUT2D eigenvalue weighted by molar-refractivity contribution is 5.89. The van der Waals surface area contributed by atoms with Crippen molar-refractivity contribution >= 4 is 12.1 Å². The number of benzene rings is 2. The SMILES string of the molecule is COC(=O)c1ccc(C2CC3(CCN2C(=O)OCc2ccccc2)OC32CC2)cc1. The molecule has 30 heavy (non-hydrogen) atoms. The zero-order valence-corrected chi connectivity index (χ0v) is 17.0. The molecule has 2 spiro atoms. The summed E-state index contributed by atoms with van der Waals surface area (Å²) in [5.41, 5.74) is 2.36. The number of methoxy groups -OCH3 is 1. The number of ether oxygens (including phenoxy) is 3. The van der Waals surface area contributed by atoms with Crippen molar-refractivity contribution < 1.29 is 23.8 Å².